The smallest absolute Gasteiger partial charge is 0.335 e. The number of benzene rings is 2. The molecule has 0 aliphatic carbocycles. The molecule has 0 amide bonds. The summed E-state index contributed by atoms with van der Waals surface area (Å²) in [7, 11) is 0. The van der Waals surface area contributed by atoms with E-state index in [1.807, 2.05) is 18.2 Å². The molecule has 0 radical (unpaired) electrons. The van der Waals surface area contributed by atoms with Crippen molar-refractivity contribution in [2.24, 2.45) is 0 Å². The van der Waals surface area contributed by atoms with Crippen molar-refractivity contribution in [3.05, 3.63) is 63.6 Å². The topological polar surface area (TPSA) is 49.3 Å². The summed E-state index contributed by atoms with van der Waals surface area (Å²) < 4.78 is 0. The zero-order chi connectivity index (χ0) is 13.8. The Labute approximate surface area is 120 Å². The van der Waals surface area contributed by atoms with Crippen LogP contribution in [0.5, 0.6) is 0 Å². The van der Waals surface area contributed by atoms with E-state index >= 15 is 0 Å². The van der Waals surface area contributed by atoms with Crippen molar-refractivity contribution in [1.29, 1.82) is 0 Å². The summed E-state index contributed by atoms with van der Waals surface area (Å²) in [4.78, 5) is 10.8. The molecule has 0 aliphatic rings. The molecule has 5 heteroatoms. The monoisotopic (exact) mass is 295 g/mol. The van der Waals surface area contributed by atoms with Crippen molar-refractivity contribution in [1.82, 2.24) is 0 Å². The highest BCUT2D eigenvalue weighted by Gasteiger charge is 2.06. The van der Waals surface area contributed by atoms with E-state index in [1.165, 1.54) is 12.1 Å². The van der Waals surface area contributed by atoms with Gasteiger partial charge in [0.15, 0.2) is 0 Å². The summed E-state index contributed by atoms with van der Waals surface area (Å²) in [6, 6.07) is 12.1. The van der Waals surface area contributed by atoms with E-state index in [0.29, 0.717) is 22.3 Å². The van der Waals surface area contributed by atoms with Gasteiger partial charge in [0.1, 0.15) is 0 Å². The fraction of sp³-hybridized carbons (Fsp3) is 0.0714. The maximum absolute atomic E-state index is 10.8. The van der Waals surface area contributed by atoms with Gasteiger partial charge in [-0.05, 0) is 35.9 Å². The SMILES string of the molecule is O=C(O)c1ccc(NCc2cccc(Cl)c2)c(Cl)c1. The average Bonchev–Trinajstić information content (AvgIpc) is 2.37. The number of aromatic carboxylic acids is 1. The Morgan fingerprint density at radius 1 is 1.16 bits per heavy atom. The number of hydrogen-bond acceptors (Lipinski definition) is 2. The molecule has 0 aliphatic heterocycles. The van der Waals surface area contributed by atoms with Crippen LogP contribution in [0.15, 0.2) is 42.5 Å². The molecule has 0 fully saturated rings. The Morgan fingerprint density at radius 2 is 1.95 bits per heavy atom. The predicted molar refractivity (Wildman–Crippen MR) is 77.2 cm³/mol. The molecule has 2 rings (SSSR count). The van der Waals surface area contributed by atoms with Crippen LogP contribution in [0.25, 0.3) is 0 Å². The molecule has 0 saturated heterocycles. The summed E-state index contributed by atoms with van der Waals surface area (Å²) in [6.45, 7) is 0.562. The van der Waals surface area contributed by atoms with Crippen LogP contribution in [-0.4, -0.2) is 11.1 Å². The standard InChI is InChI=1S/C14H11Cl2NO2/c15-11-3-1-2-9(6-11)8-17-13-5-4-10(14(18)19)7-12(13)16/h1-7,17H,8H2,(H,18,19). The first-order valence-corrected chi connectivity index (χ1v) is 6.33. The maximum atomic E-state index is 10.8. The minimum Gasteiger partial charge on any atom is -0.478 e. The fourth-order valence-electron chi connectivity index (χ4n) is 1.64. The van der Waals surface area contributed by atoms with Crippen molar-refractivity contribution in [3.63, 3.8) is 0 Å². The third-order valence-electron chi connectivity index (χ3n) is 2.59. The Hall–Kier alpha value is -1.71. The number of carboxylic acids is 1. The number of carboxylic acid groups (broad SMARTS) is 1. The van der Waals surface area contributed by atoms with Crippen molar-refractivity contribution in [2.45, 2.75) is 6.54 Å². The van der Waals surface area contributed by atoms with E-state index < -0.39 is 5.97 Å². The van der Waals surface area contributed by atoms with Gasteiger partial charge in [-0.15, -0.1) is 0 Å². The summed E-state index contributed by atoms with van der Waals surface area (Å²) >= 11 is 11.9. The fourth-order valence-corrected chi connectivity index (χ4v) is 2.10. The number of nitrogens with one attached hydrogen (secondary N) is 1. The van der Waals surface area contributed by atoms with Gasteiger partial charge in [-0.1, -0.05) is 35.3 Å². The largest absolute Gasteiger partial charge is 0.478 e. The molecule has 98 valence electrons. The summed E-state index contributed by atoms with van der Waals surface area (Å²) in [5.41, 5.74) is 1.87. The van der Waals surface area contributed by atoms with Gasteiger partial charge in [0, 0.05) is 11.6 Å². The lowest BCUT2D eigenvalue weighted by Gasteiger charge is -2.09. The van der Waals surface area contributed by atoms with Crippen LogP contribution in [0, 0.1) is 0 Å². The second-order valence-corrected chi connectivity index (χ2v) is 4.83. The quantitative estimate of drug-likeness (QED) is 0.884. The molecule has 2 aromatic rings. The molecule has 2 N–H and O–H groups in total. The lowest BCUT2D eigenvalue weighted by molar-refractivity contribution is 0.0697. The molecular weight excluding hydrogens is 285 g/mol. The molecule has 3 nitrogen and oxygen atoms in total. The third kappa shape index (κ3) is 3.63. The molecule has 0 unspecified atom stereocenters. The first-order chi connectivity index (χ1) is 9.06. The summed E-state index contributed by atoms with van der Waals surface area (Å²) in [6.07, 6.45) is 0. The predicted octanol–water partition coefficient (Wildman–Crippen LogP) is 4.30. The van der Waals surface area contributed by atoms with E-state index in [9.17, 15) is 4.79 Å². The number of hydrogen-bond donors (Lipinski definition) is 2. The number of rotatable bonds is 4. The Bertz CT molecular complexity index is 614. The lowest BCUT2D eigenvalue weighted by Crippen LogP contribution is -2.02. The molecule has 0 heterocycles. The van der Waals surface area contributed by atoms with Gasteiger partial charge < -0.3 is 10.4 Å². The lowest BCUT2D eigenvalue weighted by atomic mass is 10.2. The zero-order valence-corrected chi connectivity index (χ0v) is 11.4. The van der Waals surface area contributed by atoms with Crippen LogP contribution in [0.3, 0.4) is 0 Å². The van der Waals surface area contributed by atoms with E-state index in [-0.39, 0.29) is 5.56 Å². The minimum absolute atomic E-state index is 0.165. The van der Waals surface area contributed by atoms with Crippen LogP contribution in [0.1, 0.15) is 15.9 Å². The highest BCUT2D eigenvalue weighted by atomic mass is 35.5. The van der Waals surface area contributed by atoms with Crippen LogP contribution < -0.4 is 5.32 Å². The van der Waals surface area contributed by atoms with Crippen LogP contribution in [0.4, 0.5) is 5.69 Å². The van der Waals surface area contributed by atoms with Crippen LogP contribution in [0.2, 0.25) is 10.0 Å². The Kier molecular flexibility index (Phi) is 4.30. The van der Waals surface area contributed by atoms with E-state index in [2.05, 4.69) is 5.32 Å². The maximum Gasteiger partial charge on any atom is 0.335 e. The molecule has 0 aromatic heterocycles. The van der Waals surface area contributed by atoms with Gasteiger partial charge in [-0.3, -0.25) is 0 Å². The van der Waals surface area contributed by atoms with E-state index in [4.69, 9.17) is 28.3 Å². The molecule has 0 atom stereocenters. The zero-order valence-electron chi connectivity index (χ0n) is 9.86. The van der Waals surface area contributed by atoms with Crippen molar-refractivity contribution >= 4 is 34.9 Å². The number of carbonyl (C=O) groups is 1. The third-order valence-corrected chi connectivity index (χ3v) is 3.14. The number of halogens is 2. The summed E-state index contributed by atoms with van der Waals surface area (Å²) in [5, 5.41) is 13.0. The van der Waals surface area contributed by atoms with Gasteiger partial charge >= 0.3 is 5.97 Å². The second-order valence-electron chi connectivity index (χ2n) is 3.98. The molecule has 0 saturated carbocycles. The van der Waals surface area contributed by atoms with Gasteiger partial charge in [0.05, 0.1) is 16.3 Å². The normalized spacial score (nSPS) is 10.2. The van der Waals surface area contributed by atoms with Gasteiger partial charge in [0.2, 0.25) is 0 Å². The van der Waals surface area contributed by atoms with Gasteiger partial charge in [-0.25, -0.2) is 4.79 Å². The highest BCUT2D eigenvalue weighted by molar-refractivity contribution is 6.33. The molecular formula is C14H11Cl2NO2. The molecule has 2 aromatic carbocycles. The number of anilines is 1. The molecule has 0 spiro atoms. The van der Waals surface area contributed by atoms with Crippen molar-refractivity contribution in [2.75, 3.05) is 5.32 Å². The van der Waals surface area contributed by atoms with Crippen molar-refractivity contribution < 1.29 is 9.90 Å². The molecule has 0 bridgehead atoms. The first kappa shape index (κ1) is 13.7. The van der Waals surface area contributed by atoms with Gasteiger partial charge in [-0.2, -0.15) is 0 Å². The van der Waals surface area contributed by atoms with E-state index in [0.717, 1.165) is 5.56 Å². The Morgan fingerprint density at radius 3 is 2.58 bits per heavy atom. The minimum atomic E-state index is -0.997. The summed E-state index contributed by atoms with van der Waals surface area (Å²) in [5.74, 6) is -0.997. The average molecular weight is 296 g/mol. The van der Waals surface area contributed by atoms with Crippen LogP contribution >= 0.6 is 23.2 Å². The Balaban J connectivity index is 2.10. The van der Waals surface area contributed by atoms with Crippen molar-refractivity contribution in [3.8, 4) is 0 Å². The van der Waals surface area contributed by atoms with Crippen LogP contribution in [-0.2, 0) is 6.54 Å². The highest BCUT2D eigenvalue weighted by Crippen LogP contribution is 2.24. The van der Waals surface area contributed by atoms with Gasteiger partial charge in [0.25, 0.3) is 0 Å². The first-order valence-electron chi connectivity index (χ1n) is 5.57. The molecule has 19 heavy (non-hydrogen) atoms. The van der Waals surface area contributed by atoms with E-state index in [1.54, 1.807) is 12.1 Å². The second kappa shape index (κ2) is 5.95.